The molecule has 152 valence electrons. The Morgan fingerprint density at radius 1 is 1.11 bits per heavy atom. The first kappa shape index (κ1) is 20.7. The number of fused-ring (bicyclic) bond motifs is 1. The molecule has 0 radical (unpaired) electrons. The molecular weight excluding hydrogens is 378 g/mol. The van der Waals surface area contributed by atoms with Gasteiger partial charge in [-0.2, -0.15) is 5.26 Å². The Morgan fingerprint density at radius 3 is 2.43 bits per heavy atom. The van der Waals surface area contributed by atoms with E-state index in [1.54, 1.807) is 18.3 Å². The number of halogens is 1. The smallest absolute Gasteiger partial charge is 0.320 e. The Morgan fingerprint density at radius 2 is 1.79 bits per heavy atom. The van der Waals surface area contributed by atoms with Gasteiger partial charge >= 0.3 is 6.03 Å². The third kappa shape index (κ3) is 4.18. The molecule has 1 N–H and O–H groups in total. The summed E-state index contributed by atoms with van der Waals surface area (Å²) in [7, 11) is 0. The average molecular weight is 406 g/mol. The fraction of sp³-hybridized carbons (Fsp3) is 0.650. The maximum absolute atomic E-state index is 12.7. The van der Waals surface area contributed by atoms with Crippen LogP contribution in [0.5, 0.6) is 0 Å². The summed E-state index contributed by atoms with van der Waals surface area (Å²) in [5, 5.41) is 12.4. The Kier molecular flexibility index (Phi) is 6.63. The van der Waals surface area contributed by atoms with E-state index in [2.05, 4.69) is 5.32 Å². The molecule has 3 atom stereocenters. The van der Waals surface area contributed by atoms with Gasteiger partial charge in [0.1, 0.15) is 11.8 Å². The second-order valence-electron chi connectivity index (χ2n) is 8.07. The van der Waals surface area contributed by atoms with Crippen LogP contribution in [-0.4, -0.2) is 65.1 Å². The number of urea groups is 1. The summed E-state index contributed by atoms with van der Waals surface area (Å²) >= 11 is 0. The van der Waals surface area contributed by atoms with E-state index in [4.69, 9.17) is 5.26 Å². The van der Waals surface area contributed by atoms with Gasteiger partial charge < -0.3 is 15.1 Å². The number of rotatable bonds is 3. The van der Waals surface area contributed by atoms with Crippen molar-refractivity contribution in [1.82, 2.24) is 19.7 Å². The van der Waals surface area contributed by atoms with Crippen molar-refractivity contribution in [3.05, 3.63) is 24.0 Å². The van der Waals surface area contributed by atoms with E-state index in [1.165, 1.54) is 11.0 Å². The summed E-state index contributed by atoms with van der Waals surface area (Å²) in [4.78, 5) is 29.0. The van der Waals surface area contributed by atoms with Crippen LogP contribution >= 0.6 is 12.4 Å². The number of nitrogens with one attached hydrogen (secondary N) is 1. The van der Waals surface area contributed by atoms with Crippen molar-refractivity contribution < 1.29 is 9.59 Å². The summed E-state index contributed by atoms with van der Waals surface area (Å²) in [6.45, 7) is 3.75. The monoisotopic (exact) mass is 405 g/mol. The molecule has 1 aromatic rings. The molecule has 1 saturated carbocycles. The van der Waals surface area contributed by atoms with Gasteiger partial charge in [0.2, 0.25) is 5.91 Å². The van der Waals surface area contributed by atoms with Crippen LogP contribution in [0.2, 0.25) is 0 Å². The summed E-state index contributed by atoms with van der Waals surface area (Å²) < 4.78 is 1.40. The lowest BCUT2D eigenvalue weighted by atomic mass is 10.0. The zero-order chi connectivity index (χ0) is 18.8. The quantitative estimate of drug-likeness (QED) is 0.836. The Hall–Kier alpha value is -2.04. The fourth-order valence-electron chi connectivity index (χ4n) is 4.91. The predicted molar refractivity (Wildman–Crippen MR) is 107 cm³/mol. The lowest BCUT2D eigenvalue weighted by Crippen LogP contribution is -2.45. The van der Waals surface area contributed by atoms with Crippen molar-refractivity contribution >= 4 is 24.3 Å². The predicted octanol–water partition coefficient (Wildman–Crippen LogP) is 2.33. The molecule has 2 amide bonds. The van der Waals surface area contributed by atoms with Crippen molar-refractivity contribution in [2.45, 2.75) is 38.1 Å². The highest BCUT2D eigenvalue weighted by Crippen LogP contribution is 2.38. The average Bonchev–Trinajstić information content (AvgIpc) is 3.40. The first-order valence-corrected chi connectivity index (χ1v) is 10.0. The molecule has 4 rings (SSSR count). The van der Waals surface area contributed by atoms with E-state index < -0.39 is 0 Å². The number of hydrogen-bond donors (Lipinski definition) is 1. The van der Waals surface area contributed by atoms with Gasteiger partial charge in [0.15, 0.2) is 0 Å². The molecular formula is C20H28ClN5O2. The fourth-order valence-corrected chi connectivity index (χ4v) is 4.91. The Labute approximate surface area is 172 Å². The lowest BCUT2D eigenvalue weighted by Gasteiger charge is -2.31. The van der Waals surface area contributed by atoms with Crippen molar-refractivity contribution in [2.75, 3.05) is 32.7 Å². The lowest BCUT2D eigenvalue weighted by molar-refractivity contribution is 0.0907. The Bertz CT molecular complexity index is 738. The topological polar surface area (TPSA) is 81.4 Å². The van der Waals surface area contributed by atoms with Crippen LogP contribution in [0.15, 0.2) is 18.3 Å². The Balaban J connectivity index is 0.00000225. The molecule has 0 aromatic carbocycles. The zero-order valence-corrected chi connectivity index (χ0v) is 16.9. The van der Waals surface area contributed by atoms with Gasteiger partial charge in [-0.3, -0.25) is 9.36 Å². The van der Waals surface area contributed by atoms with Crippen LogP contribution in [0.3, 0.4) is 0 Å². The minimum absolute atomic E-state index is 0. The minimum Gasteiger partial charge on any atom is -0.325 e. The van der Waals surface area contributed by atoms with Crippen molar-refractivity contribution in [3.8, 4) is 6.07 Å². The van der Waals surface area contributed by atoms with Gasteiger partial charge in [-0.25, -0.2) is 4.79 Å². The van der Waals surface area contributed by atoms with Gasteiger partial charge in [0, 0.05) is 38.4 Å². The van der Waals surface area contributed by atoms with E-state index in [9.17, 15) is 9.59 Å². The molecule has 1 unspecified atom stereocenters. The third-order valence-corrected chi connectivity index (χ3v) is 6.32. The van der Waals surface area contributed by atoms with Crippen molar-refractivity contribution in [3.63, 3.8) is 0 Å². The van der Waals surface area contributed by atoms with Crippen LogP contribution in [0.25, 0.3) is 0 Å². The highest BCUT2D eigenvalue weighted by atomic mass is 35.5. The number of carbonyl (C=O) groups excluding carboxylic acids is 2. The highest BCUT2D eigenvalue weighted by Gasteiger charge is 2.43. The molecule has 2 saturated heterocycles. The SMILES string of the molecule is Cl.N#Cc1cccn1C(=O)CNC1C[C@@H]2CN(C(=O)N3CCCCC3)C[C@@H]2C1. The molecule has 28 heavy (non-hydrogen) atoms. The maximum Gasteiger partial charge on any atom is 0.320 e. The normalized spacial score (nSPS) is 26.5. The molecule has 3 aliphatic rings. The highest BCUT2D eigenvalue weighted by molar-refractivity contribution is 5.85. The summed E-state index contributed by atoms with van der Waals surface area (Å²) in [5.74, 6) is 0.968. The van der Waals surface area contributed by atoms with Crippen LogP contribution in [0, 0.1) is 23.2 Å². The molecule has 1 aromatic heterocycles. The zero-order valence-electron chi connectivity index (χ0n) is 16.0. The van der Waals surface area contributed by atoms with Gasteiger partial charge in [0.25, 0.3) is 0 Å². The van der Waals surface area contributed by atoms with E-state index in [-0.39, 0.29) is 30.9 Å². The van der Waals surface area contributed by atoms with E-state index >= 15 is 0 Å². The molecule has 3 fully saturated rings. The maximum atomic E-state index is 12.7. The molecule has 3 heterocycles. The summed E-state index contributed by atoms with van der Waals surface area (Å²) in [6.07, 6.45) is 7.15. The number of piperidine rings is 1. The number of amides is 2. The summed E-state index contributed by atoms with van der Waals surface area (Å²) in [6, 6.07) is 5.93. The van der Waals surface area contributed by atoms with E-state index in [1.807, 2.05) is 15.9 Å². The first-order valence-electron chi connectivity index (χ1n) is 10.0. The van der Waals surface area contributed by atoms with Crippen LogP contribution in [-0.2, 0) is 0 Å². The number of likely N-dealkylation sites (tertiary alicyclic amines) is 2. The van der Waals surface area contributed by atoms with Crippen molar-refractivity contribution in [2.24, 2.45) is 11.8 Å². The minimum atomic E-state index is -0.101. The van der Waals surface area contributed by atoms with Gasteiger partial charge in [-0.15, -0.1) is 12.4 Å². The van der Waals surface area contributed by atoms with Crippen LogP contribution in [0.1, 0.15) is 42.6 Å². The van der Waals surface area contributed by atoms with Crippen LogP contribution < -0.4 is 5.32 Å². The number of nitrogens with zero attached hydrogens (tertiary/aromatic N) is 4. The number of carbonyl (C=O) groups is 2. The van der Waals surface area contributed by atoms with E-state index in [0.29, 0.717) is 23.6 Å². The van der Waals surface area contributed by atoms with Crippen LogP contribution in [0.4, 0.5) is 4.79 Å². The largest absolute Gasteiger partial charge is 0.325 e. The van der Waals surface area contributed by atoms with Gasteiger partial charge in [-0.05, 0) is 56.1 Å². The second-order valence-corrected chi connectivity index (χ2v) is 8.07. The standard InChI is InChI=1S/C20H27N5O2.ClH/c21-11-18-5-4-8-25(18)19(26)12-22-17-9-15-13-24(14-16(15)10-17)20(27)23-6-2-1-3-7-23;/h4-5,8,15-17,22H,1-3,6-7,9-10,12-14H2;1H/t15-,16+,17?;. The number of nitriles is 1. The molecule has 1 aliphatic carbocycles. The number of aromatic nitrogens is 1. The molecule has 7 nitrogen and oxygen atoms in total. The van der Waals surface area contributed by atoms with Gasteiger partial charge in [0.05, 0.1) is 6.54 Å². The second kappa shape index (κ2) is 8.97. The number of hydrogen-bond acceptors (Lipinski definition) is 4. The first-order chi connectivity index (χ1) is 13.2. The van der Waals surface area contributed by atoms with Gasteiger partial charge in [-0.1, -0.05) is 0 Å². The molecule has 0 spiro atoms. The summed E-state index contributed by atoms with van der Waals surface area (Å²) in [5.41, 5.74) is 0.372. The molecule has 2 aliphatic heterocycles. The van der Waals surface area contributed by atoms with E-state index in [0.717, 1.165) is 51.9 Å². The molecule has 8 heteroatoms. The molecule has 0 bridgehead atoms. The van der Waals surface area contributed by atoms with Crippen molar-refractivity contribution in [1.29, 1.82) is 5.26 Å². The third-order valence-electron chi connectivity index (χ3n) is 6.32.